The van der Waals surface area contributed by atoms with Gasteiger partial charge in [0.2, 0.25) is 0 Å². The summed E-state index contributed by atoms with van der Waals surface area (Å²) in [5, 5.41) is 25.6. The molecular formula is C37H33NO4. The van der Waals surface area contributed by atoms with Gasteiger partial charge in [0.15, 0.2) is 5.60 Å². The Morgan fingerprint density at radius 3 is 2.24 bits per heavy atom. The van der Waals surface area contributed by atoms with Gasteiger partial charge in [0, 0.05) is 40.2 Å². The van der Waals surface area contributed by atoms with Crippen LogP contribution in [0.25, 0.3) is 10.9 Å². The molecule has 42 heavy (non-hydrogen) atoms. The van der Waals surface area contributed by atoms with Crippen LogP contribution in [0.3, 0.4) is 0 Å². The van der Waals surface area contributed by atoms with Gasteiger partial charge in [0.05, 0.1) is 18.3 Å². The Hall–Kier alpha value is -4.63. The summed E-state index contributed by atoms with van der Waals surface area (Å²) in [6, 6.07) is 34.6. The molecule has 1 heterocycles. The number of hydrogen-bond donors (Lipinski definition) is 2. The number of para-hydroxylation sites is 1. The zero-order chi connectivity index (χ0) is 29.2. The average molecular weight is 556 g/mol. The molecule has 2 unspecified atom stereocenters. The summed E-state index contributed by atoms with van der Waals surface area (Å²) in [7, 11) is 0. The Labute approximate surface area is 246 Å². The summed E-state index contributed by atoms with van der Waals surface area (Å²) >= 11 is 0. The fourth-order valence-electron chi connectivity index (χ4n) is 5.90. The maximum absolute atomic E-state index is 12.5. The van der Waals surface area contributed by atoms with Crippen molar-refractivity contribution in [2.24, 2.45) is 5.41 Å². The first-order chi connectivity index (χ1) is 20.4. The summed E-state index contributed by atoms with van der Waals surface area (Å²) < 4.78 is 7.25. The predicted octanol–water partition coefficient (Wildman–Crippen LogP) is 6.62. The Morgan fingerprint density at radius 2 is 1.57 bits per heavy atom. The van der Waals surface area contributed by atoms with Gasteiger partial charge in [-0.05, 0) is 61.2 Å². The van der Waals surface area contributed by atoms with Gasteiger partial charge in [-0.15, -0.1) is 0 Å². The number of carbonyl (C=O) groups is 1. The maximum atomic E-state index is 12.5. The van der Waals surface area contributed by atoms with Gasteiger partial charge in [0.25, 0.3) is 0 Å². The first kappa shape index (κ1) is 27.5. The molecule has 0 aliphatic heterocycles. The van der Waals surface area contributed by atoms with Gasteiger partial charge >= 0.3 is 5.97 Å². The second kappa shape index (κ2) is 11.3. The van der Waals surface area contributed by atoms with Crippen molar-refractivity contribution in [1.82, 2.24) is 4.57 Å². The number of aliphatic hydroxyl groups is 2. The van der Waals surface area contributed by atoms with E-state index in [1.165, 1.54) is 5.56 Å². The molecule has 5 nitrogen and oxygen atoms in total. The van der Waals surface area contributed by atoms with Gasteiger partial charge in [-0.2, -0.15) is 0 Å². The minimum absolute atomic E-state index is 0.305. The smallest absolute Gasteiger partial charge is 0.338 e. The molecule has 5 aromatic rings. The third-order valence-corrected chi connectivity index (χ3v) is 8.32. The second-order valence-corrected chi connectivity index (χ2v) is 10.9. The van der Waals surface area contributed by atoms with Crippen molar-refractivity contribution in [3.63, 3.8) is 0 Å². The van der Waals surface area contributed by atoms with Crippen LogP contribution in [0.2, 0.25) is 0 Å². The number of nitrogens with zero attached hydrogens (tertiary/aromatic N) is 1. The molecule has 1 aliphatic rings. The quantitative estimate of drug-likeness (QED) is 0.167. The van der Waals surface area contributed by atoms with E-state index in [0.29, 0.717) is 42.7 Å². The van der Waals surface area contributed by atoms with Gasteiger partial charge < -0.3 is 19.5 Å². The predicted molar refractivity (Wildman–Crippen MR) is 164 cm³/mol. The number of hydrogen-bond acceptors (Lipinski definition) is 4. The molecule has 1 aliphatic carbocycles. The van der Waals surface area contributed by atoms with Gasteiger partial charge in [-0.1, -0.05) is 90.7 Å². The third kappa shape index (κ3) is 5.00. The van der Waals surface area contributed by atoms with Gasteiger partial charge in [-0.3, -0.25) is 0 Å². The Morgan fingerprint density at radius 1 is 0.929 bits per heavy atom. The molecule has 5 heteroatoms. The number of carbonyl (C=O) groups excluding carboxylic acids is 1. The number of benzene rings is 4. The van der Waals surface area contributed by atoms with E-state index in [1.807, 2.05) is 72.9 Å². The highest BCUT2D eigenvalue weighted by atomic mass is 16.5. The largest absolute Gasteiger partial charge is 0.462 e. The topological polar surface area (TPSA) is 71.7 Å². The summed E-state index contributed by atoms with van der Waals surface area (Å²) in [5.41, 5.74) is 2.22. The zero-order valence-electron chi connectivity index (χ0n) is 23.5. The monoisotopic (exact) mass is 555 g/mol. The van der Waals surface area contributed by atoms with Crippen LogP contribution in [-0.2, 0) is 16.9 Å². The molecule has 210 valence electrons. The van der Waals surface area contributed by atoms with Crippen LogP contribution in [-0.4, -0.2) is 27.4 Å². The molecule has 2 N–H and O–H groups in total. The van der Waals surface area contributed by atoms with Crippen LogP contribution < -0.4 is 0 Å². The van der Waals surface area contributed by atoms with Crippen LogP contribution in [0.4, 0.5) is 0 Å². The minimum Gasteiger partial charge on any atom is -0.462 e. The van der Waals surface area contributed by atoms with Crippen molar-refractivity contribution in [3.8, 4) is 11.8 Å². The zero-order valence-corrected chi connectivity index (χ0v) is 23.5. The highest BCUT2D eigenvalue weighted by Crippen LogP contribution is 2.65. The second-order valence-electron chi connectivity index (χ2n) is 10.9. The van der Waals surface area contributed by atoms with Crippen molar-refractivity contribution in [2.45, 2.75) is 38.0 Å². The average Bonchev–Trinajstić information content (AvgIpc) is 3.78. The molecular weight excluding hydrogens is 522 g/mol. The van der Waals surface area contributed by atoms with E-state index in [0.717, 1.165) is 16.5 Å². The molecule has 4 aromatic carbocycles. The molecule has 0 radical (unpaired) electrons. The van der Waals surface area contributed by atoms with E-state index < -0.39 is 17.1 Å². The standard InChI is InChI=1S/C37H33NO4/c1-2-42-35(40)29-19-17-27(18-20-29)21-22-37(41,30-13-7-4-8-14-30)36(23-24-36)34(39)32-26-38(25-28-11-5-3-6-12-28)33-16-10-9-15-31(32)33/h3-20,26,34,39,41H,2,23-25H2,1H3. The summed E-state index contributed by atoms with van der Waals surface area (Å²) in [6.45, 7) is 2.75. The first-order valence-electron chi connectivity index (χ1n) is 14.3. The highest BCUT2D eigenvalue weighted by Gasteiger charge is 2.64. The SMILES string of the molecule is CCOC(=O)c1ccc(C#CC(O)(c2ccccc2)C2(C(O)c3cn(Cc4ccccc4)c4ccccc34)CC2)cc1. The molecule has 2 atom stereocenters. The van der Waals surface area contributed by atoms with E-state index in [2.05, 4.69) is 34.6 Å². The lowest BCUT2D eigenvalue weighted by Gasteiger charge is -2.36. The van der Waals surface area contributed by atoms with E-state index in [4.69, 9.17) is 4.74 Å². The fourth-order valence-corrected chi connectivity index (χ4v) is 5.90. The third-order valence-electron chi connectivity index (χ3n) is 8.32. The molecule has 0 saturated heterocycles. The number of fused-ring (bicyclic) bond motifs is 1. The number of aromatic nitrogens is 1. The van der Waals surface area contributed by atoms with Crippen molar-refractivity contribution < 1.29 is 19.7 Å². The Bertz CT molecular complexity index is 1760. The van der Waals surface area contributed by atoms with Crippen LogP contribution in [0.15, 0.2) is 115 Å². The summed E-state index contributed by atoms with van der Waals surface area (Å²) in [5.74, 6) is 5.93. The maximum Gasteiger partial charge on any atom is 0.338 e. The summed E-state index contributed by atoms with van der Waals surface area (Å²) in [4.78, 5) is 12.1. The van der Waals surface area contributed by atoms with Crippen LogP contribution in [0.5, 0.6) is 0 Å². The Kier molecular flexibility index (Phi) is 7.43. The molecule has 0 amide bonds. The van der Waals surface area contributed by atoms with E-state index in [1.54, 1.807) is 31.2 Å². The number of rotatable bonds is 8. The number of esters is 1. The van der Waals surface area contributed by atoms with Crippen molar-refractivity contribution >= 4 is 16.9 Å². The van der Waals surface area contributed by atoms with E-state index in [-0.39, 0.29) is 5.97 Å². The minimum atomic E-state index is -1.61. The lowest BCUT2D eigenvalue weighted by Crippen LogP contribution is -2.39. The van der Waals surface area contributed by atoms with Gasteiger partial charge in [-0.25, -0.2) is 4.79 Å². The van der Waals surface area contributed by atoms with Crippen molar-refractivity contribution in [2.75, 3.05) is 6.61 Å². The molecule has 0 spiro atoms. The molecule has 1 fully saturated rings. The van der Waals surface area contributed by atoms with E-state index in [9.17, 15) is 15.0 Å². The summed E-state index contributed by atoms with van der Waals surface area (Å²) in [6.07, 6.45) is 2.31. The number of ether oxygens (including phenoxy) is 1. The lowest BCUT2D eigenvalue weighted by atomic mass is 9.73. The fraction of sp³-hybridized carbons (Fsp3) is 0.216. The molecule has 0 bridgehead atoms. The number of aliphatic hydroxyl groups excluding tert-OH is 1. The molecule has 1 saturated carbocycles. The highest BCUT2D eigenvalue weighted by molar-refractivity contribution is 5.89. The first-order valence-corrected chi connectivity index (χ1v) is 14.3. The van der Waals surface area contributed by atoms with Crippen LogP contribution in [0, 0.1) is 17.3 Å². The van der Waals surface area contributed by atoms with Crippen LogP contribution >= 0.6 is 0 Å². The van der Waals surface area contributed by atoms with Crippen molar-refractivity contribution in [3.05, 3.63) is 143 Å². The van der Waals surface area contributed by atoms with Crippen molar-refractivity contribution in [1.29, 1.82) is 0 Å². The van der Waals surface area contributed by atoms with Gasteiger partial charge in [0.1, 0.15) is 0 Å². The Balaban J connectivity index is 1.40. The van der Waals surface area contributed by atoms with E-state index >= 15 is 0 Å². The lowest BCUT2D eigenvalue weighted by molar-refractivity contribution is -0.0555. The van der Waals surface area contributed by atoms with Crippen LogP contribution in [0.1, 0.15) is 58.5 Å². The molecule has 1 aromatic heterocycles. The normalized spacial score (nSPS) is 15.7. The molecule has 6 rings (SSSR count).